The molecule has 0 fully saturated rings. The van der Waals surface area contributed by atoms with E-state index >= 15 is 0 Å². The van der Waals surface area contributed by atoms with Crippen molar-refractivity contribution in [2.24, 2.45) is 0 Å². The van der Waals surface area contributed by atoms with Gasteiger partial charge in [0.05, 0.1) is 10.9 Å². The number of rotatable bonds is 7. The van der Waals surface area contributed by atoms with E-state index in [4.69, 9.17) is 0 Å². The van der Waals surface area contributed by atoms with Gasteiger partial charge in [-0.05, 0) is 60.0 Å². The fourth-order valence-electron chi connectivity index (χ4n) is 3.98. The lowest BCUT2D eigenvalue weighted by atomic mass is 10.0. The molecular formula is C24H26FN3O2S. The zero-order valence-electron chi connectivity index (χ0n) is 17.6. The minimum absolute atomic E-state index is 0.0532. The van der Waals surface area contributed by atoms with Gasteiger partial charge < -0.3 is 9.80 Å². The Morgan fingerprint density at radius 1 is 1.00 bits per heavy atom. The van der Waals surface area contributed by atoms with Crippen LogP contribution >= 0.6 is 0 Å². The largest absolute Gasteiger partial charge is 0.378 e. The van der Waals surface area contributed by atoms with Crippen LogP contribution < -0.4 is 14.5 Å². The van der Waals surface area contributed by atoms with Crippen LogP contribution in [-0.4, -0.2) is 35.6 Å². The highest BCUT2D eigenvalue weighted by molar-refractivity contribution is 7.89. The summed E-state index contributed by atoms with van der Waals surface area (Å²) in [5, 5.41) is 0. The Morgan fingerprint density at radius 2 is 1.68 bits per heavy atom. The summed E-state index contributed by atoms with van der Waals surface area (Å²) in [5.41, 5.74) is 4.50. The first-order chi connectivity index (χ1) is 14.8. The zero-order chi connectivity index (χ0) is 22.0. The van der Waals surface area contributed by atoms with Crippen LogP contribution in [0, 0.1) is 5.82 Å². The van der Waals surface area contributed by atoms with E-state index in [9.17, 15) is 12.8 Å². The van der Waals surface area contributed by atoms with E-state index in [2.05, 4.69) is 21.8 Å². The van der Waals surface area contributed by atoms with Gasteiger partial charge in [-0.1, -0.05) is 30.3 Å². The molecule has 0 aromatic heterocycles. The number of benzene rings is 3. The Labute approximate surface area is 183 Å². The quantitative estimate of drug-likeness (QED) is 0.605. The smallest absolute Gasteiger partial charge is 0.240 e. The molecule has 31 heavy (non-hydrogen) atoms. The molecule has 0 spiro atoms. The molecular weight excluding hydrogens is 413 g/mol. The average molecular weight is 440 g/mol. The van der Waals surface area contributed by atoms with Gasteiger partial charge in [0, 0.05) is 38.6 Å². The highest BCUT2D eigenvalue weighted by atomic mass is 32.2. The van der Waals surface area contributed by atoms with Gasteiger partial charge in [-0.2, -0.15) is 0 Å². The number of para-hydroxylation sites is 1. The van der Waals surface area contributed by atoms with Gasteiger partial charge in [0.15, 0.2) is 0 Å². The van der Waals surface area contributed by atoms with E-state index < -0.39 is 15.8 Å². The number of nitrogens with zero attached hydrogens (tertiary/aromatic N) is 2. The third-order valence-corrected chi connectivity index (χ3v) is 7.12. The lowest BCUT2D eigenvalue weighted by molar-refractivity contribution is 0.562. The second-order valence-electron chi connectivity index (χ2n) is 7.88. The highest BCUT2D eigenvalue weighted by Gasteiger charge is 2.28. The molecule has 0 saturated carbocycles. The van der Waals surface area contributed by atoms with Crippen LogP contribution in [0.15, 0.2) is 77.7 Å². The van der Waals surface area contributed by atoms with Crippen molar-refractivity contribution in [1.82, 2.24) is 4.72 Å². The summed E-state index contributed by atoms with van der Waals surface area (Å²) in [5.74, 6) is -0.466. The first-order valence-electron chi connectivity index (χ1n) is 10.2. The number of sulfonamides is 1. The van der Waals surface area contributed by atoms with Gasteiger partial charge in [0.2, 0.25) is 10.0 Å². The molecule has 0 saturated heterocycles. The van der Waals surface area contributed by atoms with E-state index in [1.807, 2.05) is 55.4 Å². The molecule has 162 valence electrons. The number of hydrogen-bond donors (Lipinski definition) is 1. The second-order valence-corrected chi connectivity index (χ2v) is 9.65. The van der Waals surface area contributed by atoms with Gasteiger partial charge in [0.1, 0.15) is 5.82 Å². The standard InChI is InChI=1S/C24H26FN3O2S/c1-27(2)21-11-7-19(8-12-21)24(28-16-15-18-5-3-4-6-23(18)28)17-26-31(29,30)22-13-9-20(25)10-14-22/h3-14,24,26H,15-17H2,1-2H3/t24-/m1/s1. The molecule has 3 aromatic carbocycles. The molecule has 0 radical (unpaired) electrons. The summed E-state index contributed by atoms with van der Waals surface area (Å²) in [7, 11) is 0.212. The molecule has 3 aromatic rings. The monoisotopic (exact) mass is 439 g/mol. The molecule has 1 atom stereocenters. The first-order valence-corrected chi connectivity index (χ1v) is 11.7. The lowest BCUT2D eigenvalue weighted by Gasteiger charge is -2.31. The fraction of sp³-hybridized carbons (Fsp3) is 0.250. The lowest BCUT2D eigenvalue weighted by Crippen LogP contribution is -2.37. The maximum absolute atomic E-state index is 13.2. The highest BCUT2D eigenvalue weighted by Crippen LogP contribution is 2.35. The van der Waals surface area contributed by atoms with E-state index in [1.54, 1.807) is 0 Å². The van der Waals surface area contributed by atoms with Crippen LogP contribution in [0.25, 0.3) is 0 Å². The van der Waals surface area contributed by atoms with Crippen molar-refractivity contribution >= 4 is 21.4 Å². The Morgan fingerprint density at radius 3 is 2.35 bits per heavy atom. The molecule has 0 bridgehead atoms. The molecule has 0 unspecified atom stereocenters. The minimum Gasteiger partial charge on any atom is -0.378 e. The Balaban J connectivity index is 1.63. The van der Waals surface area contributed by atoms with Crippen molar-refractivity contribution in [2.75, 3.05) is 37.0 Å². The number of anilines is 2. The summed E-state index contributed by atoms with van der Waals surface area (Å²) in [6, 6.07) is 21.1. The molecule has 5 nitrogen and oxygen atoms in total. The van der Waals surface area contributed by atoms with Crippen molar-refractivity contribution in [3.63, 3.8) is 0 Å². The fourth-order valence-corrected chi connectivity index (χ4v) is 5.01. The molecule has 1 aliphatic heterocycles. The van der Waals surface area contributed by atoms with Crippen LogP contribution in [0.3, 0.4) is 0 Å². The van der Waals surface area contributed by atoms with Crippen molar-refractivity contribution in [1.29, 1.82) is 0 Å². The minimum atomic E-state index is -3.76. The third kappa shape index (κ3) is 4.57. The van der Waals surface area contributed by atoms with Crippen LogP contribution in [-0.2, 0) is 16.4 Å². The number of nitrogens with one attached hydrogen (secondary N) is 1. The van der Waals surface area contributed by atoms with Crippen LogP contribution in [0.4, 0.5) is 15.8 Å². The van der Waals surface area contributed by atoms with Gasteiger partial charge in [0.25, 0.3) is 0 Å². The molecule has 1 heterocycles. The number of halogens is 1. The normalized spacial score (nSPS) is 14.4. The van der Waals surface area contributed by atoms with Gasteiger partial charge in [-0.25, -0.2) is 17.5 Å². The zero-order valence-corrected chi connectivity index (χ0v) is 18.4. The van der Waals surface area contributed by atoms with E-state index in [0.29, 0.717) is 0 Å². The predicted octanol–water partition coefficient (Wildman–Crippen LogP) is 3.97. The topological polar surface area (TPSA) is 52.7 Å². The summed E-state index contributed by atoms with van der Waals surface area (Å²) >= 11 is 0. The van der Waals surface area contributed by atoms with E-state index in [1.165, 1.54) is 17.7 Å². The molecule has 0 amide bonds. The first kappa shape index (κ1) is 21.3. The van der Waals surface area contributed by atoms with Gasteiger partial charge in [-0.3, -0.25) is 0 Å². The summed E-state index contributed by atoms with van der Waals surface area (Å²) in [6.07, 6.45) is 0.924. The van der Waals surface area contributed by atoms with Gasteiger partial charge in [-0.15, -0.1) is 0 Å². The summed E-state index contributed by atoms with van der Waals surface area (Å²) in [4.78, 5) is 4.34. The van der Waals surface area contributed by atoms with Crippen LogP contribution in [0.1, 0.15) is 17.2 Å². The van der Waals surface area contributed by atoms with Crippen molar-refractivity contribution in [3.05, 3.63) is 89.7 Å². The molecule has 1 N–H and O–H groups in total. The summed E-state index contributed by atoms with van der Waals surface area (Å²) < 4.78 is 41.6. The van der Waals surface area contributed by atoms with Crippen molar-refractivity contribution in [2.45, 2.75) is 17.4 Å². The van der Waals surface area contributed by atoms with Crippen molar-refractivity contribution < 1.29 is 12.8 Å². The third-order valence-electron chi connectivity index (χ3n) is 5.68. The molecule has 4 rings (SSSR count). The Bertz CT molecular complexity index is 1150. The van der Waals surface area contributed by atoms with E-state index in [0.717, 1.165) is 42.0 Å². The van der Waals surface area contributed by atoms with Crippen LogP contribution in [0.2, 0.25) is 0 Å². The molecule has 1 aliphatic rings. The van der Waals surface area contributed by atoms with Crippen molar-refractivity contribution in [3.8, 4) is 0 Å². The Kier molecular flexibility index (Phi) is 5.98. The van der Waals surface area contributed by atoms with Crippen LogP contribution in [0.5, 0.6) is 0 Å². The van der Waals surface area contributed by atoms with E-state index in [-0.39, 0.29) is 17.5 Å². The average Bonchev–Trinajstić information content (AvgIpc) is 3.18. The number of hydrogen-bond acceptors (Lipinski definition) is 4. The SMILES string of the molecule is CN(C)c1ccc([C@@H](CNS(=O)(=O)c2ccc(F)cc2)N2CCc3ccccc32)cc1. The molecule has 7 heteroatoms. The maximum atomic E-state index is 13.2. The van der Waals surface area contributed by atoms with Gasteiger partial charge >= 0.3 is 0 Å². The second kappa shape index (κ2) is 8.69. The predicted molar refractivity (Wildman–Crippen MR) is 123 cm³/mol. The maximum Gasteiger partial charge on any atom is 0.240 e. The Hall–Kier alpha value is -2.90. The molecule has 0 aliphatic carbocycles. The summed E-state index contributed by atoms with van der Waals surface area (Å²) in [6.45, 7) is 1.02. The number of fused-ring (bicyclic) bond motifs is 1.